The third-order valence-electron chi connectivity index (χ3n) is 3.11. The first kappa shape index (κ1) is 18.7. The summed E-state index contributed by atoms with van der Waals surface area (Å²) in [6.07, 6.45) is 0. The van der Waals surface area contributed by atoms with Gasteiger partial charge in [-0.05, 0) is 29.8 Å². The lowest BCUT2D eigenvalue weighted by Crippen LogP contribution is -2.12. The van der Waals surface area contributed by atoms with E-state index < -0.39 is 0 Å². The summed E-state index contributed by atoms with van der Waals surface area (Å²) in [6, 6.07) is 12.7. The minimum atomic E-state index is -0.329. The van der Waals surface area contributed by atoms with Gasteiger partial charge < -0.3 is 0 Å². The van der Waals surface area contributed by atoms with Crippen molar-refractivity contribution in [2.45, 2.75) is 10.1 Å². The fourth-order valence-electron chi connectivity index (χ4n) is 1.91. The van der Waals surface area contributed by atoms with Gasteiger partial charge >= 0.3 is 0 Å². The summed E-state index contributed by atoms with van der Waals surface area (Å²) in [5, 5.41) is 12.3. The molecule has 25 heavy (non-hydrogen) atoms. The summed E-state index contributed by atoms with van der Waals surface area (Å²) in [5.41, 5.74) is 1.40. The molecule has 0 aliphatic carbocycles. The van der Waals surface area contributed by atoms with E-state index in [0.29, 0.717) is 21.5 Å². The Hall–Kier alpha value is -1.12. The van der Waals surface area contributed by atoms with E-state index in [1.807, 2.05) is 24.3 Å². The molecule has 0 saturated carbocycles. The summed E-state index contributed by atoms with van der Waals surface area (Å²) in [6.45, 7) is 0. The number of aromatic nitrogens is 2. The number of anilines is 1. The van der Waals surface area contributed by atoms with E-state index in [4.69, 9.17) is 23.2 Å². The molecular weight excluding hydrogens is 465 g/mol. The molecule has 4 nitrogen and oxygen atoms in total. The Labute approximate surface area is 171 Å². The van der Waals surface area contributed by atoms with Gasteiger partial charge in [-0.3, -0.25) is 10.1 Å². The Morgan fingerprint density at radius 2 is 1.96 bits per heavy atom. The zero-order valence-corrected chi connectivity index (χ0v) is 17.2. The summed E-state index contributed by atoms with van der Waals surface area (Å²) in [4.78, 5) is 12.3. The third-order valence-corrected chi connectivity index (χ3v) is 6.32. The highest BCUT2D eigenvalue weighted by Gasteiger charge is 2.14. The van der Waals surface area contributed by atoms with Gasteiger partial charge in [0.2, 0.25) is 5.13 Å². The van der Waals surface area contributed by atoms with Gasteiger partial charge in [0.25, 0.3) is 5.91 Å². The number of nitrogens with one attached hydrogen (secondary N) is 1. The van der Waals surface area contributed by atoms with Gasteiger partial charge in [-0.15, -0.1) is 10.2 Å². The average molecular weight is 475 g/mol. The molecule has 0 aliphatic heterocycles. The molecule has 1 amide bonds. The van der Waals surface area contributed by atoms with Crippen LogP contribution in [0.4, 0.5) is 5.13 Å². The highest BCUT2D eigenvalue weighted by molar-refractivity contribution is 9.10. The Bertz CT molecular complexity index is 920. The van der Waals surface area contributed by atoms with Crippen LogP contribution < -0.4 is 5.32 Å². The van der Waals surface area contributed by atoms with Gasteiger partial charge in [0, 0.05) is 15.2 Å². The van der Waals surface area contributed by atoms with Crippen molar-refractivity contribution in [1.29, 1.82) is 0 Å². The number of thioether (sulfide) groups is 1. The minimum absolute atomic E-state index is 0.329. The number of carbonyl (C=O) groups is 1. The standard InChI is InChI=1S/C16H10BrCl2N3OS2/c17-10-5-6-13(19)11(7-10)14(23)20-15-21-22-16(25-15)24-8-9-3-1-2-4-12(9)18/h1-7H,8H2,(H,20,21,23). The smallest absolute Gasteiger partial charge is 0.259 e. The molecule has 9 heteroatoms. The van der Waals surface area contributed by atoms with Crippen molar-refractivity contribution < 1.29 is 4.79 Å². The second kappa shape index (κ2) is 8.51. The SMILES string of the molecule is O=C(Nc1nnc(SCc2ccccc2Cl)s1)c1cc(Br)ccc1Cl. The number of carbonyl (C=O) groups excluding carboxylic acids is 1. The molecule has 1 aromatic heterocycles. The maximum Gasteiger partial charge on any atom is 0.259 e. The van der Waals surface area contributed by atoms with Crippen LogP contribution in [0.15, 0.2) is 51.3 Å². The number of amides is 1. The van der Waals surface area contributed by atoms with E-state index >= 15 is 0 Å². The lowest BCUT2D eigenvalue weighted by atomic mass is 10.2. The second-order valence-corrected chi connectivity index (χ2v) is 8.76. The Balaban J connectivity index is 1.64. The van der Waals surface area contributed by atoms with Gasteiger partial charge in [-0.2, -0.15) is 0 Å². The van der Waals surface area contributed by atoms with Crippen molar-refractivity contribution in [2.75, 3.05) is 5.32 Å². The van der Waals surface area contributed by atoms with Gasteiger partial charge in [-0.1, -0.05) is 80.4 Å². The van der Waals surface area contributed by atoms with Gasteiger partial charge in [0.1, 0.15) is 0 Å². The van der Waals surface area contributed by atoms with Gasteiger partial charge in [0.05, 0.1) is 10.6 Å². The summed E-state index contributed by atoms with van der Waals surface area (Å²) in [7, 11) is 0. The van der Waals surface area contributed by atoms with Crippen LogP contribution >= 0.6 is 62.2 Å². The van der Waals surface area contributed by atoms with Crippen molar-refractivity contribution in [3.8, 4) is 0 Å². The van der Waals surface area contributed by atoms with E-state index in [1.165, 1.54) is 23.1 Å². The molecule has 2 aromatic carbocycles. The molecule has 3 rings (SSSR count). The molecule has 0 fully saturated rings. The first-order valence-corrected chi connectivity index (χ1v) is 10.3. The zero-order valence-electron chi connectivity index (χ0n) is 12.5. The molecule has 1 heterocycles. The van der Waals surface area contributed by atoms with E-state index in [0.717, 1.165) is 19.4 Å². The van der Waals surface area contributed by atoms with Crippen molar-refractivity contribution in [1.82, 2.24) is 10.2 Å². The molecule has 0 aliphatic rings. The van der Waals surface area contributed by atoms with Crippen LogP contribution in [0.5, 0.6) is 0 Å². The molecule has 0 atom stereocenters. The van der Waals surface area contributed by atoms with E-state index in [1.54, 1.807) is 18.2 Å². The summed E-state index contributed by atoms with van der Waals surface area (Å²) < 4.78 is 1.52. The molecule has 0 bridgehead atoms. The highest BCUT2D eigenvalue weighted by atomic mass is 79.9. The predicted octanol–water partition coefficient (Wildman–Crippen LogP) is 6.15. The third kappa shape index (κ3) is 4.95. The summed E-state index contributed by atoms with van der Waals surface area (Å²) in [5.74, 6) is 0.352. The van der Waals surface area contributed by atoms with Crippen LogP contribution in [-0.2, 0) is 5.75 Å². The lowest BCUT2D eigenvalue weighted by molar-refractivity contribution is 0.102. The number of hydrogen-bond donors (Lipinski definition) is 1. The number of hydrogen-bond acceptors (Lipinski definition) is 5. The van der Waals surface area contributed by atoms with Crippen molar-refractivity contribution >= 4 is 73.3 Å². The zero-order chi connectivity index (χ0) is 17.8. The monoisotopic (exact) mass is 473 g/mol. The Kier molecular flexibility index (Phi) is 6.35. The first-order valence-electron chi connectivity index (χ1n) is 6.99. The minimum Gasteiger partial charge on any atom is -0.296 e. The quantitative estimate of drug-likeness (QED) is 0.355. The lowest BCUT2D eigenvalue weighted by Gasteiger charge is -2.04. The fraction of sp³-hybridized carbons (Fsp3) is 0.0625. The molecular formula is C16H10BrCl2N3OS2. The number of benzene rings is 2. The molecule has 128 valence electrons. The van der Waals surface area contributed by atoms with Crippen molar-refractivity contribution in [2.24, 2.45) is 0 Å². The summed E-state index contributed by atoms with van der Waals surface area (Å²) >= 11 is 18.3. The maximum absolute atomic E-state index is 12.3. The second-order valence-electron chi connectivity index (χ2n) is 4.83. The van der Waals surface area contributed by atoms with Crippen LogP contribution in [0.25, 0.3) is 0 Å². The van der Waals surface area contributed by atoms with Gasteiger partial charge in [-0.25, -0.2) is 0 Å². The topological polar surface area (TPSA) is 54.9 Å². The van der Waals surface area contributed by atoms with Crippen LogP contribution in [-0.4, -0.2) is 16.1 Å². The molecule has 0 spiro atoms. The van der Waals surface area contributed by atoms with Gasteiger partial charge in [0.15, 0.2) is 4.34 Å². The molecule has 3 aromatic rings. The van der Waals surface area contributed by atoms with Crippen LogP contribution in [0, 0.1) is 0 Å². The van der Waals surface area contributed by atoms with E-state index in [-0.39, 0.29) is 5.91 Å². The van der Waals surface area contributed by atoms with Crippen LogP contribution in [0.1, 0.15) is 15.9 Å². The number of rotatable bonds is 5. The normalized spacial score (nSPS) is 10.7. The number of nitrogens with zero attached hydrogens (tertiary/aromatic N) is 2. The highest BCUT2D eigenvalue weighted by Crippen LogP contribution is 2.31. The predicted molar refractivity (Wildman–Crippen MR) is 108 cm³/mol. The van der Waals surface area contributed by atoms with Crippen LogP contribution in [0.2, 0.25) is 10.0 Å². The number of halogens is 3. The molecule has 0 radical (unpaired) electrons. The largest absolute Gasteiger partial charge is 0.296 e. The average Bonchev–Trinajstić information content (AvgIpc) is 3.03. The van der Waals surface area contributed by atoms with Crippen molar-refractivity contribution in [3.63, 3.8) is 0 Å². The fourth-order valence-corrected chi connectivity index (χ4v) is 4.51. The molecule has 0 unspecified atom stereocenters. The molecule has 1 N–H and O–H groups in total. The van der Waals surface area contributed by atoms with E-state index in [9.17, 15) is 4.79 Å². The molecule has 0 saturated heterocycles. The van der Waals surface area contributed by atoms with E-state index in [2.05, 4.69) is 31.4 Å². The Morgan fingerprint density at radius 3 is 2.76 bits per heavy atom. The van der Waals surface area contributed by atoms with Crippen molar-refractivity contribution in [3.05, 3.63) is 68.1 Å². The first-order chi connectivity index (χ1) is 12.0. The Morgan fingerprint density at radius 1 is 1.16 bits per heavy atom. The maximum atomic E-state index is 12.3. The van der Waals surface area contributed by atoms with Crippen LogP contribution in [0.3, 0.4) is 0 Å².